The zero-order valence-corrected chi connectivity index (χ0v) is 22.1. The molecule has 2 atom stereocenters. The van der Waals surface area contributed by atoms with Crippen LogP contribution in [0.5, 0.6) is 5.75 Å². The van der Waals surface area contributed by atoms with Crippen molar-refractivity contribution in [3.05, 3.63) is 65.4 Å². The van der Waals surface area contributed by atoms with Gasteiger partial charge >= 0.3 is 41.6 Å². The van der Waals surface area contributed by atoms with Gasteiger partial charge in [0, 0.05) is 30.5 Å². The zero-order valence-electron chi connectivity index (χ0n) is 21.1. The van der Waals surface area contributed by atoms with E-state index in [1.807, 2.05) is 0 Å². The first-order chi connectivity index (χ1) is 16.5. The van der Waals surface area contributed by atoms with Crippen LogP contribution in [-0.2, 0) is 14.4 Å². The molecule has 1 aliphatic heterocycles. The van der Waals surface area contributed by atoms with Crippen molar-refractivity contribution in [2.45, 2.75) is 25.4 Å². The molecule has 0 radical (unpaired) electrons. The fourth-order valence-electron chi connectivity index (χ4n) is 3.59. The number of nitrogens with one attached hydrogen (secondary N) is 2. The van der Waals surface area contributed by atoms with Crippen molar-refractivity contribution in [2.75, 3.05) is 14.2 Å². The minimum absolute atomic E-state index is 0. The van der Waals surface area contributed by atoms with E-state index in [0.29, 0.717) is 11.8 Å². The van der Waals surface area contributed by atoms with Gasteiger partial charge in [-0.1, -0.05) is 0 Å². The maximum absolute atomic E-state index is 14.4. The van der Waals surface area contributed by atoms with E-state index in [4.69, 9.17) is 4.74 Å². The summed E-state index contributed by atoms with van der Waals surface area (Å²) in [7, 11) is 2.80. The van der Waals surface area contributed by atoms with Crippen molar-refractivity contribution in [1.82, 2.24) is 15.5 Å². The molecule has 3 N–H and O–H groups in total. The van der Waals surface area contributed by atoms with E-state index in [0.717, 1.165) is 6.07 Å². The summed E-state index contributed by atoms with van der Waals surface area (Å²) in [5.74, 6) is -3.89. The van der Waals surface area contributed by atoms with Crippen LogP contribution in [0, 0.1) is 11.6 Å². The molecule has 0 saturated heterocycles. The topological polar surface area (TPSA) is 125 Å². The minimum atomic E-state index is -1.47. The molecule has 0 aromatic heterocycles. The second kappa shape index (κ2) is 12.1. The van der Waals surface area contributed by atoms with Gasteiger partial charge in [0.15, 0.2) is 11.8 Å². The number of urea groups is 1. The van der Waals surface area contributed by atoms with Crippen LogP contribution < -0.4 is 44.9 Å². The summed E-state index contributed by atoms with van der Waals surface area (Å²) in [5.41, 5.74) is 0.955. The number of carbonyl (C=O) groups is 4. The maximum Gasteiger partial charge on any atom is 1.00 e. The summed E-state index contributed by atoms with van der Waals surface area (Å²) in [6.45, 7) is 1.57. The average Bonchev–Trinajstić information content (AvgIpc) is 2.79. The van der Waals surface area contributed by atoms with Gasteiger partial charge in [-0.2, -0.15) is 0 Å². The van der Waals surface area contributed by atoms with E-state index in [1.54, 1.807) is 6.92 Å². The first-order valence-corrected chi connectivity index (χ1v) is 10.4. The van der Waals surface area contributed by atoms with Crippen LogP contribution in [0.1, 0.15) is 26.4 Å². The van der Waals surface area contributed by atoms with Crippen LogP contribution in [0.4, 0.5) is 13.6 Å². The van der Waals surface area contributed by atoms with Gasteiger partial charge in [-0.15, -0.1) is 0 Å². The van der Waals surface area contributed by atoms with Crippen molar-refractivity contribution >= 4 is 23.7 Å². The Kier molecular flexibility index (Phi) is 9.74. The summed E-state index contributed by atoms with van der Waals surface area (Å²) >= 11 is 0. The molecule has 0 saturated carbocycles. The van der Waals surface area contributed by atoms with E-state index in [1.165, 1.54) is 49.4 Å². The summed E-state index contributed by atoms with van der Waals surface area (Å²) in [6, 6.07) is 3.80. The number of likely N-dealkylation sites (N-methyl/N-ethyl adjacent to an activating group) is 1. The van der Waals surface area contributed by atoms with E-state index >= 15 is 0 Å². The molecule has 0 spiro atoms. The Hall–Kier alpha value is -3.28. The molecule has 0 aliphatic carbocycles. The number of carboxylic acids is 1. The van der Waals surface area contributed by atoms with Gasteiger partial charge < -0.3 is 26.8 Å². The number of aliphatic carboxylic acids is 1. The first kappa shape index (κ1) is 29.0. The number of nitrogens with zero attached hydrogens (tertiary/aromatic N) is 1. The van der Waals surface area contributed by atoms with Crippen LogP contribution in [0.3, 0.4) is 0 Å². The molecule has 9 nitrogen and oxygen atoms in total. The molecule has 12 heteroatoms. The second-order valence-corrected chi connectivity index (χ2v) is 7.91. The molecular weight excluding hydrogens is 487 g/mol. The molecule has 1 heterocycles. The fourth-order valence-corrected chi connectivity index (χ4v) is 3.59. The number of ether oxygens (including phenoxy) is 1. The number of hydrogen-bond acceptors (Lipinski definition) is 5. The number of ketones is 1. The normalized spacial score (nSPS) is 16.0. The van der Waals surface area contributed by atoms with Crippen LogP contribution in [0.15, 0.2) is 48.2 Å². The van der Waals surface area contributed by atoms with Gasteiger partial charge in [0.05, 0.1) is 19.6 Å². The smallest absolute Gasteiger partial charge is 1.00 e. The molecule has 36 heavy (non-hydrogen) atoms. The molecule has 3 amide bonds. The largest absolute Gasteiger partial charge is 1.00 e. The van der Waals surface area contributed by atoms with E-state index in [2.05, 4.69) is 10.6 Å². The predicted octanol–water partition coefficient (Wildman–Crippen LogP) is -0.115. The van der Waals surface area contributed by atoms with Crippen LogP contribution in [0.2, 0.25) is 0 Å². The van der Waals surface area contributed by atoms with Crippen LogP contribution in [0.25, 0.3) is 11.1 Å². The third-order valence-corrected chi connectivity index (χ3v) is 5.51. The average molecular weight is 511 g/mol. The molecule has 2 unspecified atom stereocenters. The SMILES string of the molecule is COc1cc(-c2ccc(F)cc2F)cc(C(CC(=O)O)NC(=O)NC2C(=O)C=C(C)N(C)C2=O)c1.[H-].[Na+]. The Labute approximate surface area is 229 Å². The van der Waals surface area contributed by atoms with E-state index < -0.39 is 53.8 Å². The van der Waals surface area contributed by atoms with Gasteiger partial charge in [0.25, 0.3) is 5.91 Å². The molecular formula is C24H24F2N3NaO6. The monoisotopic (exact) mass is 511 g/mol. The van der Waals surface area contributed by atoms with Crippen molar-refractivity contribution in [1.29, 1.82) is 0 Å². The predicted molar refractivity (Wildman–Crippen MR) is 121 cm³/mol. The summed E-state index contributed by atoms with van der Waals surface area (Å²) in [6.07, 6.45) is 0.643. The number of halogens is 2. The number of rotatable bonds is 7. The van der Waals surface area contributed by atoms with E-state index in [-0.39, 0.29) is 53.4 Å². The number of carbonyl (C=O) groups excluding carboxylic acids is 3. The molecule has 3 rings (SSSR count). The molecule has 186 valence electrons. The van der Waals surface area contributed by atoms with Crippen LogP contribution >= 0.6 is 0 Å². The van der Waals surface area contributed by atoms with Gasteiger partial charge in [-0.05, 0) is 48.4 Å². The summed E-state index contributed by atoms with van der Waals surface area (Å²) in [5, 5.41) is 14.1. The molecule has 0 fully saturated rings. The summed E-state index contributed by atoms with van der Waals surface area (Å²) in [4.78, 5) is 50.0. The van der Waals surface area contributed by atoms with Crippen molar-refractivity contribution in [2.24, 2.45) is 0 Å². The fraction of sp³-hybridized carbons (Fsp3) is 0.250. The first-order valence-electron chi connectivity index (χ1n) is 10.4. The summed E-state index contributed by atoms with van der Waals surface area (Å²) < 4.78 is 33.0. The van der Waals surface area contributed by atoms with Crippen molar-refractivity contribution in [3.63, 3.8) is 0 Å². The number of hydrogen-bond donors (Lipinski definition) is 3. The number of benzene rings is 2. The van der Waals surface area contributed by atoms with Crippen molar-refractivity contribution in [3.8, 4) is 16.9 Å². The molecule has 2 aromatic carbocycles. The number of amides is 3. The van der Waals surface area contributed by atoms with Crippen LogP contribution in [-0.4, -0.2) is 53.9 Å². The van der Waals surface area contributed by atoms with Gasteiger partial charge in [-0.3, -0.25) is 14.4 Å². The Morgan fingerprint density at radius 1 is 1.19 bits per heavy atom. The number of carboxylic acid groups (broad SMARTS) is 1. The Morgan fingerprint density at radius 2 is 1.89 bits per heavy atom. The Bertz CT molecular complexity index is 1240. The van der Waals surface area contributed by atoms with Gasteiger partial charge in [-0.25, -0.2) is 13.6 Å². The number of allylic oxidation sites excluding steroid dienone is 1. The Balaban J connectivity index is 0.00000342. The quantitative estimate of drug-likeness (QED) is 0.352. The molecule has 1 aliphatic rings. The maximum atomic E-state index is 14.4. The Morgan fingerprint density at radius 3 is 2.50 bits per heavy atom. The third-order valence-electron chi connectivity index (χ3n) is 5.51. The molecule has 0 bridgehead atoms. The molecule has 2 aromatic rings. The van der Waals surface area contributed by atoms with Gasteiger partial charge in [0.1, 0.15) is 17.4 Å². The second-order valence-electron chi connectivity index (χ2n) is 7.91. The minimum Gasteiger partial charge on any atom is -1.00 e. The van der Waals surface area contributed by atoms with E-state index in [9.17, 15) is 33.1 Å². The standard InChI is InChI=1S/C24H23F2N3O6.Na.H/c1-12-6-20(30)22(23(33)29(12)2)28-24(34)27-19(11-21(31)32)14-7-13(8-16(9-14)35-3)17-5-4-15(25)10-18(17)26;;/h4-10,19,22H,11H2,1-3H3,(H,31,32)(H2,27,28,34);;/q;+1;-1. The third kappa shape index (κ3) is 6.68. The van der Waals surface area contributed by atoms with Crippen molar-refractivity contribution < 1.29 is 68.8 Å². The zero-order chi connectivity index (χ0) is 25.9. The van der Waals surface area contributed by atoms with Gasteiger partial charge in [0.2, 0.25) is 0 Å². The number of methoxy groups -OCH3 is 1.